The Morgan fingerprint density at radius 1 is 1.27 bits per heavy atom. The smallest absolute Gasteiger partial charge is 0.262 e. The van der Waals surface area contributed by atoms with Gasteiger partial charge in [-0.3, -0.25) is 0 Å². The molecule has 0 atom stereocenters. The predicted molar refractivity (Wildman–Crippen MR) is 80.4 cm³/mol. The molecule has 0 aliphatic carbocycles. The van der Waals surface area contributed by atoms with Gasteiger partial charge in [0.25, 0.3) is 10.0 Å². The zero-order chi connectivity index (χ0) is 15.9. The molecular formula is C13H20N6O2S. The zero-order valence-electron chi connectivity index (χ0n) is 13.0. The molecule has 0 bridgehead atoms. The first-order chi connectivity index (χ1) is 10.4. The van der Waals surface area contributed by atoms with Crippen LogP contribution in [0.5, 0.6) is 0 Å². The number of sulfonamides is 1. The summed E-state index contributed by atoms with van der Waals surface area (Å²) in [6, 6.07) is 0. The molecule has 0 aromatic carbocycles. The fourth-order valence-electron chi connectivity index (χ4n) is 2.55. The van der Waals surface area contributed by atoms with Crippen LogP contribution in [0, 0.1) is 0 Å². The average molecular weight is 324 g/mol. The molecule has 0 radical (unpaired) electrons. The van der Waals surface area contributed by atoms with Crippen LogP contribution in [0.3, 0.4) is 0 Å². The summed E-state index contributed by atoms with van der Waals surface area (Å²) < 4.78 is 30.3. The van der Waals surface area contributed by atoms with E-state index in [4.69, 9.17) is 0 Å². The molecule has 2 aromatic rings. The maximum absolute atomic E-state index is 12.6. The van der Waals surface area contributed by atoms with Gasteiger partial charge in [0.1, 0.15) is 5.82 Å². The van der Waals surface area contributed by atoms with Crippen LogP contribution in [-0.4, -0.2) is 57.4 Å². The van der Waals surface area contributed by atoms with Crippen molar-refractivity contribution in [1.82, 2.24) is 28.3 Å². The summed E-state index contributed by atoms with van der Waals surface area (Å²) in [6.07, 6.45) is 5.01. The van der Waals surface area contributed by atoms with E-state index in [0.717, 1.165) is 18.1 Å². The normalized spacial score (nSPS) is 16.2. The highest BCUT2D eigenvalue weighted by molar-refractivity contribution is 7.89. The fraction of sp³-hybridized carbons (Fsp3) is 0.538. The third-order valence-electron chi connectivity index (χ3n) is 3.58. The summed E-state index contributed by atoms with van der Waals surface area (Å²) in [7, 11) is 2.16. The van der Waals surface area contributed by atoms with Gasteiger partial charge in [-0.05, 0) is 14.1 Å². The third-order valence-corrected chi connectivity index (χ3v) is 5.31. The van der Waals surface area contributed by atoms with E-state index in [2.05, 4.69) is 9.97 Å². The molecule has 0 spiro atoms. The molecule has 1 aliphatic heterocycles. The van der Waals surface area contributed by atoms with Crippen molar-refractivity contribution >= 4 is 10.0 Å². The summed E-state index contributed by atoms with van der Waals surface area (Å²) in [6.45, 7) is 2.07. The van der Waals surface area contributed by atoms with E-state index in [1.165, 1.54) is 16.8 Å². The van der Waals surface area contributed by atoms with Crippen molar-refractivity contribution in [3.8, 4) is 0 Å². The van der Waals surface area contributed by atoms with Crippen molar-refractivity contribution in [2.24, 2.45) is 7.05 Å². The average Bonchev–Trinajstić information content (AvgIpc) is 3.02. The number of aryl methyl sites for hydroxylation is 1. The standard InChI is InChI=1S/C13H20N6O2S/c1-16(2)6-11-7-18-4-5-19(8-12(18)15-11)22(20,21)13-9-17(3)10-14-13/h7,9-10H,4-6,8H2,1-3H3. The second kappa shape index (κ2) is 5.49. The summed E-state index contributed by atoms with van der Waals surface area (Å²) >= 11 is 0. The Kier molecular flexibility index (Phi) is 3.79. The fourth-order valence-corrected chi connectivity index (χ4v) is 3.90. The number of hydrogen-bond acceptors (Lipinski definition) is 5. The Balaban J connectivity index is 1.83. The molecule has 0 N–H and O–H groups in total. The largest absolute Gasteiger partial charge is 0.339 e. The highest BCUT2D eigenvalue weighted by Gasteiger charge is 2.31. The predicted octanol–water partition coefficient (Wildman–Crippen LogP) is -0.117. The molecule has 22 heavy (non-hydrogen) atoms. The second-order valence-corrected chi connectivity index (χ2v) is 7.68. The summed E-state index contributed by atoms with van der Waals surface area (Å²) in [5, 5.41) is 0.0866. The lowest BCUT2D eigenvalue weighted by Gasteiger charge is -2.25. The summed E-state index contributed by atoms with van der Waals surface area (Å²) in [5.74, 6) is 0.780. The maximum Gasteiger partial charge on any atom is 0.262 e. The van der Waals surface area contributed by atoms with Gasteiger partial charge in [-0.15, -0.1) is 0 Å². The van der Waals surface area contributed by atoms with Crippen molar-refractivity contribution < 1.29 is 8.42 Å². The first-order valence-electron chi connectivity index (χ1n) is 7.04. The van der Waals surface area contributed by atoms with Gasteiger partial charge in [0.2, 0.25) is 0 Å². The highest BCUT2D eigenvalue weighted by atomic mass is 32.2. The van der Waals surface area contributed by atoms with E-state index < -0.39 is 10.0 Å². The van der Waals surface area contributed by atoms with Gasteiger partial charge in [0.05, 0.1) is 18.6 Å². The van der Waals surface area contributed by atoms with E-state index in [-0.39, 0.29) is 11.6 Å². The van der Waals surface area contributed by atoms with E-state index in [1.807, 2.05) is 29.8 Å². The van der Waals surface area contributed by atoms with Crippen LogP contribution in [0.1, 0.15) is 11.5 Å². The first kappa shape index (κ1) is 15.2. The minimum atomic E-state index is -3.56. The van der Waals surface area contributed by atoms with Crippen LogP contribution in [0.15, 0.2) is 23.7 Å². The molecular weight excluding hydrogens is 304 g/mol. The number of imidazole rings is 2. The molecule has 8 nitrogen and oxygen atoms in total. The lowest BCUT2D eigenvalue weighted by molar-refractivity contribution is 0.334. The Bertz CT molecular complexity index is 776. The second-order valence-electron chi connectivity index (χ2n) is 5.80. The van der Waals surface area contributed by atoms with Gasteiger partial charge in [-0.2, -0.15) is 4.31 Å². The molecule has 0 saturated carbocycles. The minimum Gasteiger partial charge on any atom is -0.339 e. The van der Waals surface area contributed by atoms with E-state index in [9.17, 15) is 8.42 Å². The molecule has 3 heterocycles. The first-order valence-corrected chi connectivity index (χ1v) is 8.48. The molecule has 0 saturated heterocycles. The highest BCUT2D eigenvalue weighted by Crippen LogP contribution is 2.20. The van der Waals surface area contributed by atoms with Gasteiger partial charge in [-0.25, -0.2) is 18.4 Å². The molecule has 2 aromatic heterocycles. The lowest BCUT2D eigenvalue weighted by Crippen LogP contribution is -2.38. The van der Waals surface area contributed by atoms with Crippen LogP contribution in [0.4, 0.5) is 0 Å². The summed E-state index contributed by atoms with van der Waals surface area (Å²) in [4.78, 5) is 10.5. The molecule has 0 fully saturated rings. The van der Waals surface area contributed by atoms with Gasteiger partial charge in [0.15, 0.2) is 5.03 Å². The van der Waals surface area contributed by atoms with Crippen molar-refractivity contribution in [2.45, 2.75) is 24.7 Å². The van der Waals surface area contributed by atoms with Crippen LogP contribution in [0.25, 0.3) is 0 Å². The molecule has 9 heteroatoms. The van der Waals surface area contributed by atoms with Gasteiger partial charge >= 0.3 is 0 Å². The Morgan fingerprint density at radius 3 is 2.68 bits per heavy atom. The lowest BCUT2D eigenvalue weighted by atomic mass is 10.4. The monoisotopic (exact) mass is 324 g/mol. The van der Waals surface area contributed by atoms with E-state index >= 15 is 0 Å². The van der Waals surface area contributed by atoms with Gasteiger partial charge < -0.3 is 14.0 Å². The minimum absolute atomic E-state index is 0.0866. The third kappa shape index (κ3) is 2.79. The number of rotatable bonds is 4. The molecule has 3 rings (SSSR count). The topological polar surface area (TPSA) is 76.3 Å². The molecule has 120 valence electrons. The number of fused-ring (bicyclic) bond motifs is 1. The number of hydrogen-bond donors (Lipinski definition) is 0. The Labute approximate surface area is 130 Å². The van der Waals surface area contributed by atoms with Gasteiger partial charge in [-0.1, -0.05) is 0 Å². The van der Waals surface area contributed by atoms with Gasteiger partial charge in [0, 0.05) is 39.1 Å². The quantitative estimate of drug-likeness (QED) is 0.784. The van der Waals surface area contributed by atoms with Crippen LogP contribution < -0.4 is 0 Å². The zero-order valence-corrected chi connectivity index (χ0v) is 13.8. The molecule has 1 aliphatic rings. The molecule has 0 amide bonds. The Morgan fingerprint density at radius 2 is 2.05 bits per heavy atom. The van der Waals surface area contributed by atoms with Crippen molar-refractivity contribution in [3.63, 3.8) is 0 Å². The molecule has 0 unspecified atom stereocenters. The number of nitrogens with zero attached hydrogens (tertiary/aromatic N) is 6. The van der Waals surface area contributed by atoms with Crippen molar-refractivity contribution in [3.05, 3.63) is 30.2 Å². The Hall–Kier alpha value is -1.71. The SMILES string of the molecule is CN(C)Cc1cn2c(n1)CN(S(=O)(=O)c1cn(C)cn1)CC2. The number of aromatic nitrogens is 4. The van der Waals surface area contributed by atoms with E-state index in [1.54, 1.807) is 11.6 Å². The van der Waals surface area contributed by atoms with Crippen LogP contribution in [-0.2, 0) is 36.7 Å². The van der Waals surface area contributed by atoms with Crippen LogP contribution >= 0.6 is 0 Å². The van der Waals surface area contributed by atoms with Crippen LogP contribution in [0.2, 0.25) is 0 Å². The van der Waals surface area contributed by atoms with E-state index in [0.29, 0.717) is 13.1 Å². The summed E-state index contributed by atoms with van der Waals surface area (Å²) in [5.41, 5.74) is 0.956. The maximum atomic E-state index is 12.6. The van der Waals surface area contributed by atoms with Crippen molar-refractivity contribution in [2.75, 3.05) is 20.6 Å². The van der Waals surface area contributed by atoms with Crippen molar-refractivity contribution in [1.29, 1.82) is 0 Å².